The summed E-state index contributed by atoms with van der Waals surface area (Å²) in [5.74, 6) is -2.32. The van der Waals surface area contributed by atoms with Crippen LogP contribution in [0.25, 0.3) is 0 Å². The molecule has 0 rings (SSSR count). The van der Waals surface area contributed by atoms with E-state index in [1.807, 2.05) is 0 Å². The Morgan fingerprint density at radius 2 is 0.964 bits per heavy atom. The molecular formula is C47H84N2O7. The third-order valence-corrected chi connectivity index (χ3v) is 10.1. The molecule has 0 radical (unpaired) electrons. The molecule has 56 heavy (non-hydrogen) atoms. The first-order valence-electron chi connectivity index (χ1n) is 22.9. The van der Waals surface area contributed by atoms with Gasteiger partial charge in [-0.15, -0.1) is 0 Å². The first kappa shape index (κ1) is 53.1. The Morgan fingerprint density at radius 1 is 0.536 bits per heavy atom. The maximum absolute atomic E-state index is 12.8. The second-order valence-corrected chi connectivity index (χ2v) is 15.5. The molecule has 9 heteroatoms. The molecular weight excluding hydrogens is 705 g/mol. The van der Waals surface area contributed by atoms with Crippen LogP contribution in [0.3, 0.4) is 0 Å². The van der Waals surface area contributed by atoms with Gasteiger partial charge in [-0.2, -0.15) is 0 Å². The predicted octanol–water partition coefficient (Wildman–Crippen LogP) is 11.4. The van der Waals surface area contributed by atoms with Crippen molar-refractivity contribution in [2.24, 2.45) is 0 Å². The summed E-state index contributed by atoms with van der Waals surface area (Å²) in [4.78, 5) is 47.6. The Balaban J connectivity index is 4.39. The number of nitrogens with one attached hydrogen (secondary N) is 2. The van der Waals surface area contributed by atoms with Gasteiger partial charge in [0.15, 0.2) is 0 Å². The minimum absolute atomic E-state index is 0.0395. The molecule has 0 aliphatic heterocycles. The molecule has 0 aliphatic carbocycles. The number of amides is 2. The number of aliphatic hydroxyl groups is 1. The van der Waals surface area contributed by atoms with E-state index >= 15 is 0 Å². The summed E-state index contributed by atoms with van der Waals surface area (Å²) in [7, 11) is 0. The van der Waals surface area contributed by atoms with Gasteiger partial charge in [-0.1, -0.05) is 140 Å². The number of carboxylic acids is 1. The van der Waals surface area contributed by atoms with E-state index in [1.165, 1.54) is 89.9 Å². The molecule has 0 fully saturated rings. The number of carbonyl (C=O) groups is 4. The highest BCUT2D eigenvalue weighted by atomic mass is 16.5. The van der Waals surface area contributed by atoms with Gasteiger partial charge in [-0.05, 0) is 96.3 Å². The molecule has 0 aromatic rings. The van der Waals surface area contributed by atoms with Crippen LogP contribution in [0.1, 0.15) is 213 Å². The molecule has 9 nitrogen and oxygen atoms in total. The summed E-state index contributed by atoms with van der Waals surface area (Å²) in [6.45, 7) is 3.46. The average Bonchev–Trinajstić information content (AvgIpc) is 3.18. The van der Waals surface area contributed by atoms with Crippen molar-refractivity contribution >= 4 is 23.8 Å². The summed E-state index contributed by atoms with van der Waals surface area (Å²) < 4.78 is 6.02. The van der Waals surface area contributed by atoms with Gasteiger partial charge in [0, 0.05) is 12.8 Å². The van der Waals surface area contributed by atoms with Crippen molar-refractivity contribution in [3.05, 3.63) is 36.5 Å². The molecule has 0 bridgehead atoms. The van der Waals surface area contributed by atoms with Crippen LogP contribution in [0.5, 0.6) is 0 Å². The Bertz CT molecular complexity index is 1040. The van der Waals surface area contributed by atoms with Gasteiger partial charge in [0.05, 0.1) is 13.2 Å². The maximum atomic E-state index is 12.8. The van der Waals surface area contributed by atoms with Gasteiger partial charge in [0.1, 0.15) is 12.1 Å². The molecule has 0 aliphatic rings. The van der Waals surface area contributed by atoms with Crippen LogP contribution in [0.4, 0.5) is 0 Å². The monoisotopic (exact) mass is 789 g/mol. The van der Waals surface area contributed by atoms with Gasteiger partial charge in [-0.3, -0.25) is 14.4 Å². The molecule has 0 heterocycles. The van der Waals surface area contributed by atoms with Gasteiger partial charge in [0.2, 0.25) is 11.8 Å². The van der Waals surface area contributed by atoms with Crippen molar-refractivity contribution in [2.75, 3.05) is 13.2 Å². The largest absolute Gasteiger partial charge is 0.480 e. The minimum atomic E-state index is -1.38. The molecule has 0 aromatic carbocycles. The smallest absolute Gasteiger partial charge is 0.328 e. The second kappa shape index (κ2) is 41.7. The van der Waals surface area contributed by atoms with E-state index in [4.69, 9.17) is 14.9 Å². The molecule has 0 saturated heterocycles. The first-order chi connectivity index (χ1) is 27.3. The molecule has 324 valence electrons. The van der Waals surface area contributed by atoms with E-state index in [0.717, 1.165) is 89.9 Å². The standard InChI is InChI=1S/C47H84N2O7/c1-3-5-7-9-11-13-15-17-18-20-21-23-25-28-32-36-42(56-46(53)39-35-31-26-24-22-19-16-14-12-10-8-6-4-2)37-33-29-27-30-34-38-44(51)48-40-45(52)49-43(41-50)47(54)55/h14-17,20-21,42-43,50H,3-13,18-19,22-41H2,1-2H3,(H,48,51)(H,49,52)(H,54,55)/b16-14-,17-15-,21-20-. The average molecular weight is 789 g/mol. The van der Waals surface area contributed by atoms with E-state index in [-0.39, 0.29) is 30.9 Å². The number of esters is 1. The lowest BCUT2D eigenvalue weighted by Crippen LogP contribution is -2.47. The highest BCUT2D eigenvalue weighted by Crippen LogP contribution is 2.18. The van der Waals surface area contributed by atoms with Crippen molar-refractivity contribution < 1.29 is 34.1 Å². The fraction of sp³-hybridized carbons (Fsp3) is 0.787. The summed E-state index contributed by atoms with van der Waals surface area (Å²) >= 11 is 0. The minimum Gasteiger partial charge on any atom is -0.480 e. The highest BCUT2D eigenvalue weighted by molar-refractivity contribution is 5.87. The van der Waals surface area contributed by atoms with Crippen LogP contribution in [0.2, 0.25) is 0 Å². The Hall–Kier alpha value is -2.94. The van der Waals surface area contributed by atoms with Crippen LogP contribution in [0.15, 0.2) is 36.5 Å². The van der Waals surface area contributed by atoms with Crippen LogP contribution >= 0.6 is 0 Å². The van der Waals surface area contributed by atoms with Crippen molar-refractivity contribution in [3.8, 4) is 0 Å². The lowest BCUT2D eigenvalue weighted by molar-refractivity contribution is -0.150. The second-order valence-electron chi connectivity index (χ2n) is 15.5. The molecule has 0 aromatic heterocycles. The van der Waals surface area contributed by atoms with Crippen LogP contribution in [-0.4, -0.2) is 59.3 Å². The third-order valence-electron chi connectivity index (χ3n) is 10.1. The lowest BCUT2D eigenvalue weighted by atomic mass is 10.0. The van der Waals surface area contributed by atoms with Gasteiger partial charge >= 0.3 is 11.9 Å². The van der Waals surface area contributed by atoms with E-state index in [9.17, 15) is 19.2 Å². The number of carboxylic acid groups (broad SMARTS) is 1. The van der Waals surface area contributed by atoms with Gasteiger partial charge in [-0.25, -0.2) is 4.79 Å². The number of hydrogen-bond acceptors (Lipinski definition) is 6. The first-order valence-corrected chi connectivity index (χ1v) is 22.9. The van der Waals surface area contributed by atoms with Crippen molar-refractivity contribution in [1.82, 2.24) is 10.6 Å². The van der Waals surface area contributed by atoms with Crippen LogP contribution in [0, 0.1) is 0 Å². The van der Waals surface area contributed by atoms with E-state index in [0.29, 0.717) is 12.8 Å². The zero-order chi connectivity index (χ0) is 41.2. The zero-order valence-corrected chi connectivity index (χ0v) is 35.9. The summed E-state index contributed by atoms with van der Waals surface area (Å²) in [6, 6.07) is -1.38. The zero-order valence-electron chi connectivity index (χ0n) is 35.9. The summed E-state index contributed by atoms with van der Waals surface area (Å²) in [5.41, 5.74) is 0. The Labute approximate surface area is 342 Å². The number of carbonyl (C=O) groups excluding carboxylic acids is 3. The predicted molar refractivity (Wildman–Crippen MR) is 231 cm³/mol. The number of aliphatic carboxylic acids is 1. The number of unbranched alkanes of at least 4 members (excludes halogenated alkanes) is 21. The van der Waals surface area contributed by atoms with E-state index in [2.05, 4.69) is 60.9 Å². The lowest BCUT2D eigenvalue weighted by Gasteiger charge is -2.18. The number of ether oxygens (including phenoxy) is 1. The fourth-order valence-electron chi connectivity index (χ4n) is 6.56. The van der Waals surface area contributed by atoms with Crippen molar-refractivity contribution in [1.29, 1.82) is 0 Å². The van der Waals surface area contributed by atoms with Crippen molar-refractivity contribution in [3.63, 3.8) is 0 Å². The van der Waals surface area contributed by atoms with E-state index in [1.54, 1.807) is 0 Å². The van der Waals surface area contributed by atoms with Gasteiger partial charge in [0.25, 0.3) is 0 Å². The molecule has 0 saturated carbocycles. The summed E-state index contributed by atoms with van der Waals surface area (Å²) in [6.07, 6.45) is 47.4. The van der Waals surface area contributed by atoms with Gasteiger partial charge < -0.3 is 25.6 Å². The quantitative estimate of drug-likeness (QED) is 0.0274. The molecule has 4 N–H and O–H groups in total. The molecule has 2 unspecified atom stereocenters. The molecule has 2 amide bonds. The number of allylic oxidation sites excluding steroid dienone is 6. The van der Waals surface area contributed by atoms with Crippen LogP contribution in [-0.2, 0) is 23.9 Å². The highest BCUT2D eigenvalue weighted by Gasteiger charge is 2.19. The number of hydrogen-bond donors (Lipinski definition) is 4. The van der Waals surface area contributed by atoms with Crippen molar-refractivity contribution in [2.45, 2.75) is 225 Å². The SMILES string of the molecule is CCCCCC/C=C\CCCCCCCC(=O)OC(CCCCC/C=C\C/C=C\CCCCCCC)CCCCCCCC(=O)NCC(=O)NC(CO)C(=O)O. The molecule has 2 atom stereocenters. The fourth-order valence-corrected chi connectivity index (χ4v) is 6.56. The Morgan fingerprint density at radius 3 is 1.48 bits per heavy atom. The van der Waals surface area contributed by atoms with E-state index < -0.39 is 24.5 Å². The number of rotatable bonds is 41. The van der Waals surface area contributed by atoms with Crippen LogP contribution < -0.4 is 10.6 Å². The number of aliphatic hydroxyl groups excluding tert-OH is 1. The third kappa shape index (κ3) is 38.0. The maximum Gasteiger partial charge on any atom is 0.328 e. The summed E-state index contributed by atoms with van der Waals surface area (Å²) in [5, 5.41) is 22.6. The Kier molecular flexibility index (Phi) is 39.5. The molecule has 0 spiro atoms. The topological polar surface area (TPSA) is 142 Å². The normalized spacial score (nSPS) is 12.8.